The van der Waals surface area contributed by atoms with Crippen molar-refractivity contribution >= 4 is 5.91 Å². The maximum absolute atomic E-state index is 12.2. The summed E-state index contributed by atoms with van der Waals surface area (Å²) in [5.41, 5.74) is 2.83. The predicted octanol–water partition coefficient (Wildman–Crippen LogP) is 3.80. The van der Waals surface area contributed by atoms with Crippen LogP contribution < -0.4 is 5.32 Å². The standard InChI is InChI=1S/C20H21NO/c1-15(2)19(14-13-17-11-9-16(3)10-12-17)21-20(22)18-7-5-4-6-8-18/h4-12,15,19H,1-3H3,(H,21,22). The molecule has 2 heteroatoms. The van der Waals surface area contributed by atoms with Gasteiger partial charge in [0.1, 0.15) is 0 Å². The maximum atomic E-state index is 12.2. The molecule has 0 aliphatic heterocycles. The third kappa shape index (κ3) is 4.49. The van der Waals surface area contributed by atoms with Crippen LogP contribution in [0, 0.1) is 24.7 Å². The van der Waals surface area contributed by atoms with E-state index in [0.29, 0.717) is 5.56 Å². The van der Waals surface area contributed by atoms with Crippen molar-refractivity contribution < 1.29 is 4.79 Å². The number of nitrogens with one attached hydrogen (secondary N) is 1. The quantitative estimate of drug-likeness (QED) is 0.856. The van der Waals surface area contributed by atoms with Crippen molar-refractivity contribution in [2.45, 2.75) is 26.8 Å². The first kappa shape index (κ1) is 15.9. The second-order valence-corrected chi connectivity index (χ2v) is 5.70. The molecule has 0 radical (unpaired) electrons. The van der Waals surface area contributed by atoms with Crippen molar-refractivity contribution in [2.75, 3.05) is 0 Å². The number of hydrogen-bond donors (Lipinski definition) is 1. The van der Waals surface area contributed by atoms with Gasteiger partial charge in [-0.15, -0.1) is 0 Å². The summed E-state index contributed by atoms with van der Waals surface area (Å²) in [5.74, 6) is 6.47. The molecule has 2 rings (SSSR count). The molecule has 0 heterocycles. The molecule has 22 heavy (non-hydrogen) atoms. The monoisotopic (exact) mass is 291 g/mol. The number of benzene rings is 2. The molecule has 2 aromatic carbocycles. The highest BCUT2D eigenvalue weighted by Gasteiger charge is 2.14. The van der Waals surface area contributed by atoms with E-state index in [1.807, 2.05) is 49.4 Å². The lowest BCUT2D eigenvalue weighted by Crippen LogP contribution is -2.37. The Balaban J connectivity index is 2.11. The Labute approximate surface area is 132 Å². The fourth-order valence-corrected chi connectivity index (χ4v) is 1.98. The van der Waals surface area contributed by atoms with Crippen LogP contribution in [0.15, 0.2) is 54.6 Å². The lowest BCUT2D eigenvalue weighted by molar-refractivity contribution is 0.0938. The first-order valence-electron chi connectivity index (χ1n) is 7.50. The van der Waals surface area contributed by atoms with E-state index in [1.54, 1.807) is 12.1 Å². The van der Waals surface area contributed by atoms with Gasteiger partial charge in [-0.25, -0.2) is 0 Å². The van der Waals surface area contributed by atoms with Gasteiger partial charge in [-0.3, -0.25) is 4.79 Å². The zero-order chi connectivity index (χ0) is 15.9. The van der Waals surface area contributed by atoms with Crippen molar-refractivity contribution in [1.82, 2.24) is 5.32 Å². The Morgan fingerprint density at radius 2 is 1.64 bits per heavy atom. The van der Waals surface area contributed by atoms with E-state index in [-0.39, 0.29) is 17.9 Å². The van der Waals surface area contributed by atoms with Gasteiger partial charge in [0.25, 0.3) is 5.91 Å². The summed E-state index contributed by atoms with van der Waals surface area (Å²) < 4.78 is 0. The molecule has 0 aliphatic carbocycles. The van der Waals surface area contributed by atoms with E-state index in [0.717, 1.165) is 5.56 Å². The lowest BCUT2D eigenvalue weighted by Gasteiger charge is -2.16. The van der Waals surface area contributed by atoms with Gasteiger partial charge in [0.2, 0.25) is 0 Å². The van der Waals surface area contributed by atoms with E-state index in [2.05, 4.69) is 31.0 Å². The van der Waals surface area contributed by atoms with Crippen molar-refractivity contribution in [3.8, 4) is 11.8 Å². The minimum atomic E-state index is -0.172. The normalized spacial score (nSPS) is 11.5. The lowest BCUT2D eigenvalue weighted by atomic mass is 10.0. The number of carbonyl (C=O) groups is 1. The van der Waals surface area contributed by atoms with Crippen molar-refractivity contribution in [2.24, 2.45) is 5.92 Å². The zero-order valence-electron chi connectivity index (χ0n) is 13.3. The van der Waals surface area contributed by atoms with Crippen LogP contribution in [0.1, 0.15) is 35.3 Å². The minimum Gasteiger partial charge on any atom is -0.338 e. The first-order valence-corrected chi connectivity index (χ1v) is 7.50. The Morgan fingerprint density at radius 3 is 2.23 bits per heavy atom. The highest BCUT2D eigenvalue weighted by Crippen LogP contribution is 2.06. The number of carbonyl (C=O) groups excluding carboxylic acids is 1. The van der Waals surface area contributed by atoms with Crippen molar-refractivity contribution in [3.05, 3.63) is 71.3 Å². The number of amides is 1. The molecule has 0 spiro atoms. The first-order chi connectivity index (χ1) is 10.6. The number of hydrogen-bond acceptors (Lipinski definition) is 1. The van der Waals surface area contributed by atoms with Crippen LogP contribution in [0.4, 0.5) is 0 Å². The summed E-state index contributed by atoms with van der Waals surface area (Å²) in [6.07, 6.45) is 0. The number of aryl methyl sites for hydroxylation is 1. The van der Waals surface area contributed by atoms with Gasteiger partial charge in [-0.05, 0) is 37.1 Å². The molecule has 1 atom stereocenters. The molecule has 0 fully saturated rings. The summed E-state index contributed by atoms with van der Waals surface area (Å²) in [7, 11) is 0. The molecule has 1 amide bonds. The molecule has 0 aromatic heterocycles. The number of rotatable bonds is 3. The van der Waals surface area contributed by atoms with Gasteiger partial charge < -0.3 is 5.32 Å². The van der Waals surface area contributed by atoms with E-state index in [9.17, 15) is 4.79 Å². The van der Waals surface area contributed by atoms with Gasteiger partial charge in [0, 0.05) is 11.1 Å². The molecule has 0 aliphatic rings. The highest BCUT2D eigenvalue weighted by atomic mass is 16.1. The maximum Gasteiger partial charge on any atom is 0.252 e. The average molecular weight is 291 g/mol. The Kier molecular flexibility index (Phi) is 5.38. The summed E-state index contributed by atoms with van der Waals surface area (Å²) in [6.45, 7) is 6.16. The summed E-state index contributed by atoms with van der Waals surface area (Å²) >= 11 is 0. The summed E-state index contributed by atoms with van der Waals surface area (Å²) in [4.78, 5) is 12.2. The molecule has 2 aromatic rings. The molecule has 0 saturated heterocycles. The van der Waals surface area contributed by atoms with Crippen molar-refractivity contribution in [3.63, 3.8) is 0 Å². The topological polar surface area (TPSA) is 29.1 Å². The van der Waals surface area contributed by atoms with Crippen LogP contribution in [0.25, 0.3) is 0 Å². The third-order valence-corrected chi connectivity index (χ3v) is 3.41. The van der Waals surface area contributed by atoms with Gasteiger partial charge in [-0.1, -0.05) is 61.6 Å². The highest BCUT2D eigenvalue weighted by molar-refractivity contribution is 5.94. The Morgan fingerprint density at radius 1 is 1.00 bits per heavy atom. The van der Waals surface area contributed by atoms with Crippen LogP contribution in [-0.2, 0) is 0 Å². The van der Waals surface area contributed by atoms with E-state index < -0.39 is 0 Å². The third-order valence-electron chi connectivity index (χ3n) is 3.41. The smallest absolute Gasteiger partial charge is 0.252 e. The summed E-state index contributed by atoms with van der Waals surface area (Å²) in [5, 5.41) is 3.00. The van der Waals surface area contributed by atoms with Crippen LogP contribution in [0.2, 0.25) is 0 Å². The largest absolute Gasteiger partial charge is 0.338 e. The fraction of sp³-hybridized carbons (Fsp3) is 0.250. The van der Waals surface area contributed by atoms with E-state index in [1.165, 1.54) is 5.56 Å². The fourth-order valence-electron chi connectivity index (χ4n) is 1.98. The van der Waals surface area contributed by atoms with Gasteiger partial charge in [-0.2, -0.15) is 0 Å². The second-order valence-electron chi connectivity index (χ2n) is 5.70. The molecular weight excluding hydrogens is 270 g/mol. The van der Waals surface area contributed by atoms with E-state index >= 15 is 0 Å². The molecule has 0 bridgehead atoms. The molecule has 1 unspecified atom stereocenters. The van der Waals surface area contributed by atoms with Crippen LogP contribution in [0.3, 0.4) is 0 Å². The Hall–Kier alpha value is -2.53. The SMILES string of the molecule is Cc1ccc(C#CC(NC(=O)c2ccccc2)C(C)C)cc1. The summed E-state index contributed by atoms with van der Waals surface area (Å²) in [6, 6.07) is 17.1. The molecule has 112 valence electrons. The van der Waals surface area contributed by atoms with Crippen LogP contribution >= 0.6 is 0 Å². The minimum absolute atomic E-state index is 0.0856. The van der Waals surface area contributed by atoms with Crippen LogP contribution in [-0.4, -0.2) is 11.9 Å². The molecular formula is C20H21NO. The van der Waals surface area contributed by atoms with Crippen LogP contribution in [0.5, 0.6) is 0 Å². The van der Waals surface area contributed by atoms with Gasteiger partial charge in [0.15, 0.2) is 0 Å². The molecule has 1 N–H and O–H groups in total. The molecule has 0 saturated carbocycles. The van der Waals surface area contributed by atoms with Gasteiger partial charge in [0.05, 0.1) is 6.04 Å². The predicted molar refractivity (Wildman–Crippen MR) is 90.6 cm³/mol. The Bertz CT molecular complexity index is 675. The van der Waals surface area contributed by atoms with Gasteiger partial charge >= 0.3 is 0 Å². The van der Waals surface area contributed by atoms with Crippen molar-refractivity contribution in [1.29, 1.82) is 0 Å². The second kappa shape index (κ2) is 7.47. The molecule has 2 nitrogen and oxygen atoms in total. The average Bonchev–Trinajstić information content (AvgIpc) is 2.53. The van der Waals surface area contributed by atoms with E-state index in [4.69, 9.17) is 0 Å². The zero-order valence-corrected chi connectivity index (χ0v) is 13.3.